The molecule has 1 fully saturated rings. The van der Waals surface area contributed by atoms with E-state index in [-0.39, 0.29) is 0 Å². The number of nitrogens with zero attached hydrogens (tertiary/aromatic N) is 4. The zero-order valence-corrected chi connectivity index (χ0v) is 15.0. The summed E-state index contributed by atoms with van der Waals surface area (Å²) in [6, 6.07) is 6.90. The van der Waals surface area contributed by atoms with Crippen LogP contribution in [0.15, 0.2) is 30.7 Å². The molecular formula is C20H25N5. The Balaban J connectivity index is 1.70. The quantitative estimate of drug-likeness (QED) is 0.713. The molecule has 5 nitrogen and oxygen atoms in total. The van der Waals surface area contributed by atoms with Crippen molar-refractivity contribution in [2.75, 3.05) is 5.32 Å². The lowest BCUT2D eigenvalue weighted by Crippen LogP contribution is -2.19. The van der Waals surface area contributed by atoms with E-state index < -0.39 is 0 Å². The lowest BCUT2D eigenvalue weighted by atomic mass is 10.1. The average molecular weight is 335 g/mol. The predicted molar refractivity (Wildman–Crippen MR) is 101 cm³/mol. The molecular weight excluding hydrogens is 310 g/mol. The smallest absolute Gasteiger partial charge is 0.168 e. The number of aromatic nitrogens is 4. The van der Waals surface area contributed by atoms with Gasteiger partial charge in [0.05, 0.1) is 17.3 Å². The largest absolute Gasteiger partial charge is 0.367 e. The molecule has 2 heterocycles. The summed E-state index contributed by atoms with van der Waals surface area (Å²) >= 11 is 0. The molecule has 0 amide bonds. The van der Waals surface area contributed by atoms with Gasteiger partial charge < -0.3 is 5.32 Å². The van der Waals surface area contributed by atoms with Crippen LogP contribution in [0.25, 0.3) is 16.7 Å². The van der Waals surface area contributed by atoms with Crippen molar-refractivity contribution in [1.29, 1.82) is 0 Å². The third-order valence-corrected chi connectivity index (χ3v) is 5.14. The first kappa shape index (κ1) is 16.1. The summed E-state index contributed by atoms with van der Waals surface area (Å²) < 4.78 is 1.92. The molecule has 0 unspecified atom stereocenters. The Bertz CT molecular complexity index is 875. The Kier molecular flexibility index (Phi) is 4.38. The van der Waals surface area contributed by atoms with Crippen molar-refractivity contribution in [3.63, 3.8) is 0 Å². The summed E-state index contributed by atoms with van der Waals surface area (Å²) in [5.41, 5.74) is 4.38. The molecule has 0 saturated heterocycles. The second-order valence-corrected chi connectivity index (χ2v) is 7.14. The molecule has 5 heteroatoms. The van der Waals surface area contributed by atoms with Gasteiger partial charge in [-0.05, 0) is 38.3 Å². The molecule has 1 aliphatic rings. The fourth-order valence-corrected chi connectivity index (χ4v) is 3.80. The molecule has 1 saturated carbocycles. The highest BCUT2D eigenvalue weighted by atomic mass is 15.3. The fourth-order valence-electron chi connectivity index (χ4n) is 3.80. The Morgan fingerprint density at radius 3 is 2.60 bits per heavy atom. The first-order chi connectivity index (χ1) is 12.2. The lowest BCUT2D eigenvalue weighted by molar-refractivity contribution is 0.618. The van der Waals surface area contributed by atoms with Gasteiger partial charge in [-0.3, -0.25) is 0 Å². The van der Waals surface area contributed by atoms with Gasteiger partial charge in [0.2, 0.25) is 0 Å². The van der Waals surface area contributed by atoms with E-state index in [1.54, 1.807) is 6.33 Å². The molecule has 0 bridgehead atoms. The topological polar surface area (TPSA) is 55.6 Å². The van der Waals surface area contributed by atoms with Gasteiger partial charge in [0.15, 0.2) is 5.65 Å². The number of hydrogen-bond donors (Lipinski definition) is 1. The Labute approximate surface area is 148 Å². The predicted octanol–water partition coefficient (Wildman–Crippen LogP) is 4.57. The van der Waals surface area contributed by atoms with Gasteiger partial charge in [-0.15, -0.1) is 0 Å². The van der Waals surface area contributed by atoms with Crippen LogP contribution in [0.4, 0.5) is 5.82 Å². The highest BCUT2D eigenvalue weighted by molar-refractivity contribution is 5.87. The molecule has 0 atom stereocenters. The molecule has 0 radical (unpaired) electrons. The van der Waals surface area contributed by atoms with Crippen LogP contribution in [0, 0.1) is 13.8 Å². The van der Waals surface area contributed by atoms with Crippen molar-refractivity contribution in [1.82, 2.24) is 19.7 Å². The van der Waals surface area contributed by atoms with Crippen LogP contribution < -0.4 is 5.32 Å². The van der Waals surface area contributed by atoms with Gasteiger partial charge in [0.25, 0.3) is 0 Å². The molecule has 2 aromatic heterocycles. The van der Waals surface area contributed by atoms with Gasteiger partial charge in [-0.1, -0.05) is 43.4 Å². The average Bonchev–Trinajstić information content (AvgIpc) is 2.86. The minimum atomic E-state index is 0.505. The molecule has 0 aliphatic heterocycles. The SMILES string of the molecule is Cc1ccc(-n2ncc3c(NC4CCCCCC4)ncnc32)c(C)c1. The van der Waals surface area contributed by atoms with E-state index in [9.17, 15) is 0 Å². The Morgan fingerprint density at radius 2 is 1.84 bits per heavy atom. The molecule has 1 aliphatic carbocycles. The van der Waals surface area contributed by atoms with Gasteiger partial charge in [0, 0.05) is 6.04 Å². The zero-order chi connectivity index (χ0) is 17.2. The highest BCUT2D eigenvalue weighted by Gasteiger charge is 2.17. The maximum Gasteiger partial charge on any atom is 0.168 e. The lowest BCUT2D eigenvalue weighted by Gasteiger charge is -2.17. The summed E-state index contributed by atoms with van der Waals surface area (Å²) in [4.78, 5) is 9.00. The third kappa shape index (κ3) is 3.23. The van der Waals surface area contributed by atoms with Crippen molar-refractivity contribution in [3.05, 3.63) is 41.9 Å². The molecule has 3 aromatic rings. The molecule has 130 valence electrons. The molecule has 1 aromatic carbocycles. The van der Waals surface area contributed by atoms with E-state index in [1.165, 1.54) is 49.7 Å². The molecule has 4 rings (SSSR count). The van der Waals surface area contributed by atoms with Crippen LogP contribution in [-0.2, 0) is 0 Å². The van der Waals surface area contributed by atoms with Gasteiger partial charge in [-0.25, -0.2) is 14.6 Å². The maximum absolute atomic E-state index is 4.60. The second-order valence-electron chi connectivity index (χ2n) is 7.14. The molecule has 0 spiro atoms. The monoisotopic (exact) mass is 335 g/mol. The van der Waals surface area contributed by atoms with Crippen molar-refractivity contribution in [2.24, 2.45) is 0 Å². The van der Waals surface area contributed by atoms with Crippen LogP contribution in [0.3, 0.4) is 0 Å². The Morgan fingerprint density at radius 1 is 1.04 bits per heavy atom. The van der Waals surface area contributed by atoms with Crippen LogP contribution in [0.1, 0.15) is 49.7 Å². The van der Waals surface area contributed by atoms with Gasteiger partial charge >= 0.3 is 0 Å². The summed E-state index contributed by atoms with van der Waals surface area (Å²) in [5.74, 6) is 0.910. The summed E-state index contributed by atoms with van der Waals surface area (Å²) in [6.45, 7) is 4.22. The standard InChI is InChI=1S/C20H25N5/c1-14-9-10-18(15(2)11-14)25-20-17(12-23-25)19(21-13-22-20)24-16-7-5-3-4-6-8-16/h9-13,16H,3-8H2,1-2H3,(H,21,22,24). The Hall–Kier alpha value is -2.43. The van der Waals surface area contributed by atoms with Crippen LogP contribution >= 0.6 is 0 Å². The van der Waals surface area contributed by atoms with E-state index in [0.29, 0.717) is 6.04 Å². The maximum atomic E-state index is 4.60. The first-order valence-electron chi connectivity index (χ1n) is 9.25. The van der Waals surface area contributed by atoms with Crippen LogP contribution in [-0.4, -0.2) is 25.8 Å². The summed E-state index contributed by atoms with van der Waals surface area (Å²) in [5, 5.41) is 9.24. The normalized spacial score (nSPS) is 16.1. The minimum Gasteiger partial charge on any atom is -0.367 e. The minimum absolute atomic E-state index is 0.505. The van der Waals surface area contributed by atoms with Crippen molar-refractivity contribution in [2.45, 2.75) is 58.4 Å². The van der Waals surface area contributed by atoms with Crippen molar-refractivity contribution in [3.8, 4) is 5.69 Å². The number of anilines is 1. The van der Waals surface area contributed by atoms with E-state index in [0.717, 1.165) is 22.5 Å². The van der Waals surface area contributed by atoms with Crippen LogP contribution in [0.2, 0.25) is 0 Å². The zero-order valence-electron chi connectivity index (χ0n) is 15.0. The fraction of sp³-hybridized carbons (Fsp3) is 0.450. The van der Waals surface area contributed by atoms with Crippen molar-refractivity contribution >= 4 is 16.9 Å². The molecule has 25 heavy (non-hydrogen) atoms. The number of hydrogen-bond acceptors (Lipinski definition) is 4. The van der Waals surface area contributed by atoms with Crippen molar-refractivity contribution < 1.29 is 0 Å². The number of aryl methyl sites for hydroxylation is 2. The van der Waals surface area contributed by atoms with E-state index in [2.05, 4.69) is 52.4 Å². The third-order valence-electron chi connectivity index (χ3n) is 5.14. The summed E-state index contributed by atoms with van der Waals surface area (Å²) in [6.07, 6.45) is 11.3. The number of fused-ring (bicyclic) bond motifs is 1. The van der Waals surface area contributed by atoms with Gasteiger partial charge in [0.1, 0.15) is 12.1 Å². The first-order valence-corrected chi connectivity index (χ1v) is 9.25. The van der Waals surface area contributed by atoms with E-state index in [1.807, 2.05) is 10.9 Å². The molecule has 1 N–H and O–H groups in total. The van der Waals surface area contributed by atoms with E-state index >= 15 is 0 Å². The highest BCUT2D eigenvalue weighted by Crippen LogP contribution is 2.26. The van der Waals surface area contributed by atoms with E-state index in [4.69, 9.17) is 0 Å². The number of rotatable bonds is 3. The van der Waals surface area contributed by atoms with Gasteiger partial charge in [-0.2, -0.15) is 5.10 Å². The number of benzene rings is 1. The number of nitrogens with one attached hydrogen (secondary N) is 1. The second kappa shape index (κ2) is 6.82. The van der Waals surface area contributed by atoms with Crippen LogP contribution in [0.5, 0.6) is 0 Å². The summed E-state index contributed by atoms with van der Waals surface area (Å²) in [7, 11) is 0.